The third-order valence-corrected chi connectivity index (χ3v) is 4.52. The molecule has 144 valence electrons. The number of nitrogens with one attached hydrogen (secondary N) is 2. The van der Waals surface area contributed by atoms with Gasteiger partial charge in [0.2, 0.25) is 0 Å². The maximum Gasteiger partial charge on any atom is 0.271 e. The van der Waals surface area contributed by atoms with Crippen LogP contribution in [0.3, 0.4) is 0 Å². The van der Waals surface area contributed by atoms with E-state index < -0.39 is 5.91 Å². The van der Waals surface area contributed by atoms with Gasteiger partial charge in [-0.25, -0.2) is 10.4 Å². The molecule has 7 heteroatoms. The molecule has 0 fully saturated rings. The average Bonchev–Trinajstić information content (AvgIpc) is 3.16. The van der Waals surface area contributed by atoms with Crippen molar-refractivity contribution in [3.8, 4) is 22.9 Å². The first kappa shape index (κ1) is 18.2. The van der Waals surface area contributed by atoms with Gasteiger partial charge in [-0.1, -0.05) is 24.3 Å². The molecular weight excluding hydrogens is 368 g/mol. The summed E-state index contributed by atoms with van der Waals surface area (Å²) in [5.41, 5.74) is 6.97. The minimum atomic E-state index is -0.395. The van der Waals surface area contributed by atoms with E-state index in [1.54, 1.807) is 12.1 Å². The minimum Gasteiger partial charge on any atom is -0.508 e. The van der Waals surface area contributed by atoms with Crippen LogP contribution in [0.15, 0.2) is 65.8 Å². The molecule has 4 rings (SSSR count). The number of nitrogens with zero attached hydrogens (tertiary/aromatic N) is 2. The number of aromatic hydroxyl groups is 2. The summed E-state index contributed by atoms with van der Waals surface area (Å²) in [6.45, 7) is 2.01. The number of imidazole rings is 1. The van der Waals surface area contributed by atoms with Gasteiger partial charge in [0.05, 0.1) is 17.2 Å². The molecule has 29 heavy (non-hydrogen) atoms. The molecule has 0 aliphatic carbocycles. The van der Waals surface area contributed by atoms with Crippen molar-refractivity contribution in [3.63, 3.8) is 0 Å². The molecule has 7 nitrogen and oxygen atoms in total. The van der Waals surface area contributed by atoms with Crippen LogP contribution in [0, 0.1) is 6.92 Å². The maximum absolute atomic E-state index is 12.3. The number of carbonyl (C=O) groups excluding carboxylic acids is 1. The summed E-state index contributed by atoms with van der Waals surface area (Å²) < 4.78 is 0. The summed E-state index contributed by atoms with van der Waals surface area (Å²) >= 11 is 0. The van der Waals surface area contributed by atoms with Crippen molar-refractivity contribution in [1.29, 1.82) is 0 Å². The first-order valence-corrected chi connectivity index (χ1v) is 8.92. The maximum atomic E-state index is 12.3. The molecule has 0 spiro atoms. The van der Waals surface area contributed by atoms with Crippen molar-refractivity contribution in [2.45, 2.75) is 6.92 Å². The molecule has 0 saturated heterocycles. The molecule has 3 aromatic carbocycles. The number of hydrogen-bond acceptors (Lipinski definition) is 5. The number of para-hydroxylation sites is 1. The van der Waals surface area contributed by atoms with Crippen LogP contribution in [0.5, 0.6) is 11.5 Å². The quantitative estimate of drug-likeness (QED) is 0.243. The van der Waals surface area contributed by atoms with Crippen molar-refractivity contribution >= 4 is 23.2 Å². The Bertz CT molecular complexity index is 1230. The van der Waals surface area contributed by atoms with Gasteiger partial charge in [0.15, 0.2) is 0 Å². The number of aromatic nitrogens is 2. The predicted molar refractivity (Wildman–Crippen MR) is 111 cm³/mol. The third-order valence-electron chi connectivity index (χ3n) is 4.52. The molecule has 0 saturated carbocycles. The zero-order valence-corrected chi connectivity index (χ0v) is 15.5. The van der Waals surface area contributed by atoms with E-state index in [-0.39, 0.29) is 11.5 Å². The molecule has 4 N–H and O–H groups in total. The summed E-state index contributed by atoms with van der Waals surface area (Å²) in [7, 11) is 0. The smallest absolute Gasteiger partial charge is 0.271 e. The van der Waals surface area contributed by atoms with E-state index in [1.807, 2.05) is 37.3 Å². The fourth-order valence-electron chi connectivity index (χ4n) is 2.96. The molecule has 0 aliphatic heterocycles. The van der Waals surface area contributed by atoms with Gasteiger partial charge in [-0.2, -0.15) is 5.10 Å². The van der Waals surface area contributed by atoms with E-state index in [0.717, 1.165) is 28.0 Å². The van der Waals surface area contributed by atoms with Gasteiger partial charge in [-0.15, -0.1) is 0 Å². The van der Waals surface area contributed by atoms with Gasteiger partial charge in [0.25, 0.3) is 5.91 Å². The summed E-state index contributed by atoms with van der Waals surface area (Å²) in [5, 5.41) is 23.0. The molecule has 4 aromatic rings. The van der Waals surface area contributed by atoms with E-state index in [0.29, 0.717) is 11.1 Å². The number of hydrazone groups is 1. The van der Waals surface area contributed by atoms with Crippen molar-refractivity contribution in [1.82, 2.24) is 15.4 Å². The second kappa shape index (κ2) is 7.47. The van der Waals surface area contributed by atoms with Crippen LogP contribution in [-0.2, 0) is 0 Å². The van der Waals surface area contributed by atoms with Crippen LogP contribution >= 0.6 is 0 Å². The van der Waals surface area contributed by atoms with Crippen LogP contribution < -0.4 is 5.43 Å². The van der Waals surface area contributed by atoms with E-state index >= 15 is 0 Å². The lowest BCUT2D eigenvalue weighted by atomic mass is 10.1. The Morgan fingerprint density at radius 2 is 1.90 bits per heavy atom. The summed E-state index contributed by atoms with van der Waals surface area (Å²) in [5.74, 6) is 0.282. The van der Waals surface area contributed by atoms with Crippen molar-refractivity contribution in [2.24, 2.45) is 5.10 Å². The number of fused-ring (bicyclic) bond motifs is 1. The zero-order chi connectivity index (χ0) is 20.4. The van der Waals surface area contributed by atoms with Gasteiger partial charge < -0.3 is 15.2 Å². The highest BCUT2D eigenvalue weighted by Crippen LogP contribution is 2.23. The van der Waals surface area contributed by atoms with Gasteiger partial charge in [0.1, 0.15) is 17.3 Å². The number of phenolic OH excluding ortho intramolecular Hbond substituents is 2. The van der Waals surface area contributed by atoms with Crippen molar-refractivity contribution in [2.75, 3.05) is 0 Å². The number of phenols is 2. The number of hydrogen-bond donors (Lipinski definition) is 4. The number of rotatable bonds is 4. The van der Waals surface area contributed by atoms with Gasteiger partial charge in [0, 0.05) is 16.7 Å². The summed E-state index contributed by atoms with van der Waals surface area (Å²) in [6, 6.07) is 17.0. The monoisotopic (exact) mass is 386 g/mol. The molecular formula is C22H18N4O3. The Labute approximate surface area is 166 Å². The SMILES string of the molecule is Cc1cccc2[nH]c(-c3ccc(C(=O)N/N=C/c4cc(O)ccc4O)cc3)nc12. The van der Waals surface area contributed by atoms with Crippen molar-refractivity contribution in [3.05, 3.63) is 77.4 Å². The Balaban J connectivity index is 1.48. The molecule has 0 unspecified atom stereocenters. The molecule has 0 radical (unpaired) electrons. The molecule has 0 atom stereocenters. The fourth-order valence-corrected chi connectivity index (χ4v) is 2.96. The highest BCUT2D eigenvalue weighted by molar-refractivity contribution is 5.95. The van der Waals surface area contributed by atoms with Gasteiger partial charge in [-0.05, 0) is 48.9 Å². The molecule has 0 bridgehead atoms. The standard InChI is InChI=1S/C22H18N4O3/c1-13-3-2-4-18-20(13)25-21(24-18)14-5-7-15(8-6-14)22(29)26-23-12-16-11-17(27)9-10-19(16)28/h2-12,27-28H,1H3,(H,24,25)(H,26,29)/b23-12+. The number of H-pyrrole nitrogens is 1. The number of benzene rings is 3. The van der Waals surface area contributed by atoms with Crippen molar-refractivity contribution < 1.29 is 15.0 Å². The van der Waals surface area contributed by atoms with Crippen LogP contribution in [0.2, 0.25) is 0 Å². The zero-order valence-electron chi connectivity index (χ0n) is 15.5. The second-order valence-electron chi connectivity index (χ2n) is 6.58. The van der Waals surface area contributed by atoms with Gasteiger partial charge >= 0.3 is 0 Å². The largest absolute Gasteiger partial charge is 0.508 e. The topological polar surface area (TPSA) is 111 Å². The van der Waals surface area contributed by atoms with Crippen LogP contribution in [0.4, 0.5) is 0 Å². The predicted octanol–water partition coefficient (Wildman–Crippen LogP) is 3.71. The highest BCUT2D eigenvalue weighted by Gasteiger charge is 2.09. The normalized spacial score (nSPS) is 11.2. The summed E-state index contributed by atoms with van der Waals surface area (Å²) in [6.07, 6.45) is 1.26. The Morgan fingerprint density at radius 3 is 2.66 bits per heavy atom. The fraction of sp³-hybridized carbons (Fsp3) is 0.0455. The van der Waals surface area contributed by atoms with E-state index in [1.165, 1.54) is 24.4 Å². The first-order chi connectivity index (χ1) is 14.0. The minimum absolute atomic E-state index is 0.00746. The lowest BCUT2D eigenvalue weighted by Gasteiger charge is -2.02. The number of carbonyl (C=O) groups is 1. The van der Waals surface area contributed by atoms with Crippen LogP contribution in [0.25, 0.3) is 22.4 Å². The Morgan fingerprint density at radius 1 is 1.10 bits per heavy atom. The second-order valence-corrected chi connectivity index (χ2v) is 6.58. The first-order valence-electron chi connectivity index (χ1n) is 8.92. The number of aromatic amines is 1. The third kappa shape index (κ3) is 3.79. The van der Waals surface area contributed by atoms with E-state index in [2.05, 4.69) is 20.5 Å². The lowest BCUT2D eigenvalue weighted by Crippen LogP contribution is -2.17. The van der Waals surface area contributed by atoms with E-state index in [4.69, 9.17) is 0 Å². The van der Waals surface area contributed by atoms with Gasteiger partial charge in [-0.3, -0.25) is 4.79 Å². The number of amides is 1. The molecule has 1 amide bonds. The van der Waals surface area contributed by atoms with Crippen LogP contribution in [-0.4, -0.2) is 32.3 Å². The highest BCUT2D eigenvalue weighted by atomic mass is 16.3. The summed E-state index contributed by atoms with van der Waals surface area (Å²) in [4.78, 5) is 20.2. The van der Waals surface area contributed by atoms with Crippen LogP contribution in [0.1, 0.15) is 21.5 Å². The average molecular weight is 386 g/mol. The molecule has 1 aromatic heterocycles. The van der Waals surface area contributed by atoms with E-state index in [9.17, 15) is 15.0 Å². The lowest BCUT2D eigenvalue weighted by molar-refractivity contribution is 0.0955. The Hall–Kier alpha value is -4.13. The number of aryl methyl sites for hydroxylation is 1. The molecule has 1 heterocycles. The molecule has 0 aliphatic rings. The Kier molecular flexibility index (Phi) is 4.70.